The lowest BCUT2D eigenvalue weighted by Gasteiger charge is -2.05. The lowest BCUT2D eigenvalue weighted by molar-refractivity contribution is -0.115. The van der Waals surface area contributed by atoms with Crippen LogP contribution >= 0.6 is 0 Å². The average molecular weight is 387 g/mol. The van der Waals surface area contributed by atoms with Crippen LogP contribution in [-0.4, -0.2) is 20.3 Å². The third-order valence-electron chi connectivity index (χ3n) is 4.72. The monoisotopic (exact) mass is 387 g/mol. The first kappa shape index (κ1) is 18.4. The van der Waals surface area contributed by atoms with E-state index in [9.17, 15) is 9.18 Å². The van der Waals surface area contributed by atoms with Gasteiger partial charge < -0.3 is 9.88 Å². The molecular formula is C22H18FN5O. The third-order valence-corrected chi connectivity index (χ3v) is 4.72. The fraction of sp³-hybridized carbons (Fsp3) is 0.136. The smallest absolute Gasteiger partial charge is 0.229 e. The Morgan fingerprint density at radius 2 is 1.97 bits per heavy atom. The first-order valence-corrected chi connectivity index (χ1v) is 9.07. The molecule has 0 saturated carbocycles. The van der Waals surface area contributed by atoms with Crippen LogP contribution in [0.4, 0.5) is 10.2 Å². The summed E-state index contributed by atoms with van der Waals surface area (Å²) in [4.78, 5) is 12.4. The van der Waals surface area contributed by atoms with Crippen LogP contribution in [0.3, 0.4) is 0 Å². The van der Waals surface area contributed by atoms with Crippen molar-refractivity contribution in [1.29, 1.82) is 5.26 Å². The topological polar surface area (TPSA) is 75.6 Å². The molecular weight excluding hydrogens is 369 g/mol. The number of hydrogen-bond acceptors (Lipinski definition) is 3. The Morgan fingerprint density at radius 1 is 1.14 bits per heavy atom. The number of nitriles is 1. The van der Waals surface area contributed by atoms with Gasteiger partial charge in [-0.2, -0.15) is 10.4 Å². The van der Waals surface area contributed by atoms with Crippen molar-refractivity contribution in [3.05, 3.63) is 83.4 Å². The summed E-state index contributed by atoms with van der Waals surface area (Å²) in [5.41, 5.74) is 2.75. The van der Waals surface area contributed by atoms with Gasteiger partial charge in [-0.3, -0.25) is 9.48 Å². The number of nitrogens with one attached hydrogen (secondary N) is 1. The quantitative estimate of drug-likeness (QED) is 0.568. The number of benzene rings is 2. The first-order valence-electron chi connectivity index (χ1n) is 9.07. The Morgan fingerprint density at radius 3 is 2.79 bits per heavy atom. The molecule has 6 nitrogen and oxygen atoms in total. The molecule has 2 aromatic heterocycles. The molecule has 1 amide bonds. The molecule has 0 aliphatic heterocycles. The highest BCUT2D eigenvalue weighted by atomic mass is 19.1. The summed E-state index contributed by atoms with van der Waals surface area (Å²) in [7, 11) is 1.97. The van der Waals surface area contributed by atoms with Gasteiger partial charge in [-0.25, -0.2) is 4.39 Å². The van der Waals surface area contributed by atoms with Crippen LogP contribution in [0.5, 0.6) is 0 Å². The molecule has 0 fully saturated rings. The van der Waals surface area contributed by atoms with E-state index in [0.717, 1.165) is 22.0 Å². The van der Waals surface area contributed by atoms with Crippen molar-refractivity contribution in [1.82, 2.24) is 14.3 Å². The number of aromatic nitrogens is 3. The molecule has 0 bridgehead atoms. The van der Waals surface area contributed by atoms with Crippen molar-refractivity contribution >= 4 is 22.6 Å². The van der Waals surface area contributed by atoms with E-state index in [1.165, 1.54) is 12.1 Å². The molecule has 4 aromatic rings. The fourth-order valence-electron chi connectivity index (χ4n) is 3.25. The number of fused-ring (bicyclic) bond motifs is 1. The van der Waals surface area contributed by atoms with Crippen LogP contribution in [0.25, 0.3) is 10.9 Å². The second-order valence-electron chi connectivity index (χ2n) is 6.87. The maximum absolute atomic E-state index is 13.4. The van der Waals surface area contributed by atoms with E-state index in [2.05, 4.69) is 10.4 Å². The zero-order valence-electron chi connectivity index (χ0n) is 15.8. The lowest BCUT2D eigenvalue weighted by atomic mass is 10.1. The first-order chi connectivity index (χ1) is 14.0. The maximum atomic E-state index is 13.4. The molecule has 0 spiro atoms. The third kappa shape index (κ3) is 4.01. The fourth-order valence-corrected chi connectivity index (χ4v) is 3.25. The average Bonchev–Trinajstić information content (AvgIpc) is 3.29. The van der Waals surface area contributed by atoms with E-state index in [-0.39, 0.29) is 17.9 Å². The van der Waals surface area contributed by atoms with Crippen LogP contribution in [0.1, 0.15) is 16.7 Å². The van der Waals surface area contributed by atoms with E-state index in [1.807, 2.05) is 48.1 Å². The van der Waals surface area contributed by atoms with Gasteiger partial charge >= 0.3 is 0 Å². The van der Waals surface area contributed by atoms with E-state index >= 15 is 0 Å². The molecule has 1 N–H and O–H groups in total. The van der Waals surface area contributed by atoms with Crippen molar-refractivity contribution in [3.63, 3.8) is 0 Å². The number of carbonyl (C=O) groups is 1. The minimum absolute atomic E-state index is 0.00151. The molecule has 0 unspecified atom stereocenters. The summed E-state index contributed by atoms with van der Waals surface area (Å²) >= 11 is 0. The minimum atomic E-state index is -0.543. The number of rotatable bonds is 5. The number of carbonyl (C=O) groups excluding carboxylic acids is 1. The molecule has 144 valence electrons. The second kappa shape index (κ2) is 7.60. The molecule has 2 aromatic carbocycles. The van der Waals surface area contributed by atoms with Gasteiger partial charge in [0.25, 0.3) is 0 Å². The van der Waals surface area contributed by atoms with E-state index in [0.29, 0.717) is 12.4 Å². The van der Waals surface area contributed by atoms with E-state index in [4.69, 9.17) is 5.26 Å². The van der Waals surface area contributed by atoms with Crippen LogP contribution in [-0.2, 0) is 24.8 Å². The van der Waals surface area contributed by atoms with E-state index in [1.54, 1.807) is 23.0 Å². The van der Waals surface area contributed by atoms with Crippen LogP contribution in [0.15, 0.2) is 60.9 Å². The molecule has 0 radical (unpaired) electrons. The van der Waals surface area contributed by atoms with Gasteiger partial charge in [0, 0.05) is 31.0 Å². The molecule has 2 heterocycles. The Bertz CT molecular complexity index is 1250. The number of anilines is 1. The molecule has 7 heteroatoms. The Balaban J connectivity index is 1.41. The molecule has 0 aliphatic carbocycles. The van der Waals surface area contributed by atoms with Crippen molar-refractivity contribution in [3.8, 4) is 6.07 Å². The number of nitrogens with zero attached hydrogens (tertiary/aromatic N) is 4. The predicted octanol–water partition coefficient (Wildman–Crippen LogP) is 3.62. The van der Waals surface area contributed by atoms with Crippen molar-refractivity contribution < 1.29 is 9.18 Å². The zero-order chi connectivity index (χ0) is 20.4. The number of halogens is 1. The van der Waals surface area contributed by atoms with Crippen LogP contribution < -0.4 is 5.32 Å². The number of aryl methyl sites for hydroxylation is 1. The second-order valence-corrected chi connectivity index (χ2v) is 6.87. The standard InChI is InChI=1S/C22H18FN5O/c1-27-8-6-17-4-2-15(11-20(17)27)12-22(29)25-21-7-9-28(26-21)14-16-3-5-19(23)18(10-16)13-24/h2-11H,12,14H2,1H3,(H,25,26,29). The van der Waals surface area contributed by atoms with Gasteiger partial charge in [-0.15, -0.1) is 0 Å². The normalized spacial score (nSPS) is 10.8. The van der Waals surface area contributed by atoms with Gasteiger partial charge in [-0.1, -0.05) is 18.2 Å². The highest BCUT2D eigenvalue weighted by molar-refractivity contribution is 5.92. The van der Waals surface area contributed by atoms with Gasteiger partial charge in [0.2, 0.25) is 5.91 Å². The van der Waals surface area contributed by atoms with E-state index < -0.39 is 5.82 Å². The van der Waals surface area contributed by atoms with Gasteiger partial charge in [-0.05, 0) is 40.8 Å². The van der Waals surface area contributed by atoms with Crippen molar-refractivity contribution in [2.24, 2.45) is 7.05 Å². The Kier molecular flexibility index (Phi) is 4.83. The van der Waals surface area contributed by atoms with Crippen LogP contribution in [0.2, 0.25) is 0 Å². The van der Waals surface area contributed by atoms with Crippen LogP contribution in [0, 0.1) is 17.1 Å². The van der Waals surface area contributed by atoms with Crippen molar-refractivity contribution in [2.75, 3.05) is 5.32 Å². The summed E-state index contributed by atoms with van der Waals surface area (Å²) in [6.45, 7) is 0.370. The van der Waals surface area contributed by atoms with Gasteiger partial charge in [0.15, 0.2) is 5.82 Å². The number of hydrogen-bond donors (Lipinski definition) is 1. The summed E-state index contributed by atoms with van der Waals surface area (Å²) in [5, 5.41) is 17.2. The summed E-state index contributed by atoms with van der Waals surface area (Å²) in [6.07, 6.45) is 3.96. The SMILES string of the molecule is Cn1ccc2ccc(CC(=O)Nc3ccn(Cc4ccc(F)c(C#N)c4)n3)cc21. The highest BCUT2D eigenvalue weighted by Crippen LogP contribution is 2.17. The van der Waals surface area contributed by atoms with Gasteiger partial charge in [0.1, 0.15) is 11.9 Å². The summed E-state index contributed by atoms with van der Waals surface area (Å²) in [5.74, 6) is -0.256. The van der Waals surface area contributed by atoms with Gasteiger partial charge in [0.05, 0.1) is 18.5 Å². The summed E-state index contributed by atoms with van der Waals surface area (Å²) in [6, 6.07) is 15.9. The molecule has 29 heavy (non-hydrogen) atoms. The lowest BCUT2D eigenvalue weighted by Crippen LogP contribution is -2.15. The zero-order valence-corrected chi connectivity index (χ0v) is 15.8. The summed E-state index contributed by atoms with van der Waals surface area (Å²) < 4.78 is 17.1. The Hall–Kier alpha value is -3.92. The largest absolute Gasteiger partial charge is 0.351 e. The Labute approximate surface area is 166 Å². The van der Waals surface area contributed by atoms with Crippen molar-refractivity contribution in [2.45, 2.75) is 13.0 Å². The maximum Gasteiger partial charge on any atom is 0.229 e. The number of amides is 1. The molecule has 0 aliphatic rings. The molecule has 0 atom stereocenters. The predicted molar refractivity (Wildman–Crippen MR) is 108 cm³/mol. The molecule has 0 saturated heterocycles. The molecule has 4 rings (SSSR count). The highest BCUT2D eigenvalue weighted by Gasteiger charge is 2.09. The minimum Gasteiger partial charge on any atom is -0.351 e.